The summed E-state index contributed by atoms with van der Waals surface area (Å²) >= 11 is 0. The first-order valence-corrected chi connectivity index (χ1v) is 7.45. The zero-order valence-corrected chi connectivity index (χ0v) is 12.4. The van der Waals surface area contributed by atoms with Crippen LogP contribution in [0.4, 0.5) is 4.39 Å². The fourth-order valence-electron chi connectivity index (χ4n) is 3.04. The Bertz CT molecular complexity index is 403. The lowest BCUT2D eigenvalue weighted by atomic mass is 9.75. The van der Waals surface area contributed by atoms with E-state index in [1.54, 1.807) is 12.1 Å². The van der Waals surface area contributed by atoms with E-state index >= 15 is 0 Å². The summed E-state index contributed by atoms with van der Waals surface area (Å²) in [5.74, 6) is -0.135. The van der Waals surface area contributed by atoms with E-state index < -0.39 is 0 Å². The summed E-state index contributed by atoms with van der Waals surface area (Å²) in [5.41, 5.74) is 1.60. The average molecular weight is 263 g/mol. The Hall–Kier alpha value is -0.890. The molecule has 1 unspecified atom stereocenters. The Kier molecular flexibility index (Phi) is 4.62. The average Bonchev–Trinajstić information content (AvgIpc) is 2.32. The van der Waals surface area contributed by atoms with Crippen LogP contribution in [0.2, 0.25) is 0 Å². The Labute approximate surface area is 116 Å². The van der Waals surface area contributed by atoms with Gasteiger partial charge in [-0.2, -0.15) is 0 Å². The standard InChI is InChI=1S/C17H26FN/c1-13(11-14-5-4-6-15(18)12-14)19-16-7-9-17(2,3)10-8-16/h4-6,12-13,16,19H,7-11H2,1-3H3. The summed E-state index contributed by atoms with van der Waals surface area (Å²) in [7, 11) is 0. The monoisotopic (exact) mass is 263 g/mol. The maximum absolute atomic E-state index is 13.1. The molecule has 1 atom stereocenters. The normalized spacial score (nSPS) is 21.3. The molecule has 0 amide bonds. The van der Waals surface area contributed by atoms with Gasteiger partial charge >= 0.3 is 0 Å². The molecule has 1 aromatic carbocycles. The van der Waals surface area contributed by atoms with Gasteiger partial charge in [0, 0.05) is 12.1 Å². The number of rotatable bonds is 4. The summed E-state index contributed by atoms with van der Waals surface area (Å²) in [6, 6.07) is 7.99. The first kappa shape index (κ1) is 14.5. The zero-order chi connectivity index (χ0) is 13.9. The molecule has 0 aromatic heterocycles. The van der Waals surface area contributed by atoms with Gasteiger partial charge in [-0.15, -0.1) is 0 Å². The molecule has 1 fully saturated rings. The van der Waals surface area contributed by atoms with Crippen molar-refractivity contribution in [1.29, 1.82) is 0 Å². The highest BCUT2D eigenvalue weighted by atomic mass is 19.1. The fourth-order valence-corrected chi connectivity index (χ4v) is 3.04. The van der Waals surface area contributed by atoms with Crippen molar-refractivity contribution in [3.8, 4) is 0 Å². The van der Waals surface area contributed by atoms with E-state index in [9.17, 15) is 4.39 Å². The van der Waals surface area contributed by atoms with Crippen molar-refractivity contribution in [3.05, 3.63) is 35.6 Å². The molecular weight excluding hydrogens is 237 g/mol. The van der Waals surface area contributed by atoms with Crippen molar-refractivity contribution in [3.63, 3.8) is 0 Å². The van der Waals surface area contributed by atoms with Crippen molar-refractivity contribution < 1.29 is 4.39 Å². The first-order chi connectivity index (χ1) is 8.94. The maximum atomic E-state index is 13.1. The lowest BCUT2D eigenvalue weighted by Crippen LogP contribution is -2.41. The van der Waals surface area contributed by atoms with Crippen molar-refractivity contribution in [1.82, 2.24) is 5.32 Å². The van der Waals surface area contributed by atoms with Crippen LogP contribution in [0.1, 0.15) is 52.0 Å². The quantitative estimate of drug-likeness (QED) is 0.853. The topological polar surface area (TPSA) is 12.0 Å². The molecule has 1 nitrogen and oxygen atoms in total. The minimum absolute atomic E-state index is 0.135. The van der Waals surface area contributed by atoms with Gasteiger partial charge in [0.05, 0.1) is 0 Å². The molecule has 0 radical (unpaired) electrons. The summed E-state index contributed by atoms with van der Waals surface area (Å²) in [6.07, 6.45) is 6.04. The molecular formula is C17H26FN. The first-order valence-electron chi connectivity index (χ1n) is 7.45. The highest BCUT2D eigenvalue weighted by Crippen LogP contribution is 2.35. The highest BCUT2D eigenvalue weighted by molar-refractivity contribution is 5.17. The highest BCUT2D eigenvalue weighted by Gasteiger charge is 2.27. The molecule has 0 spiro atoms. The van der Waals surface area contributed by atoms with Gasteiger partial charge in [0.25, 0.3) is 0 Å². The van der Waals surface area contributed by atoms with Gasteiger partial charge in [0.1, 0.15) is 5.82 Å². The second-order valence-corrected chi connectivity index (χ2v) is 6.84. The zero-order valence-electron chi connectivity index (χ0n) is 12.4. The van der Waals surface area contributed by atoms with Crippen molar-refractivity contribution in [2.75, 3.05) is 0 Å². The third-order valence-corrected chi connectivity index (χ3v) is 4.29. The van der Waals surface area contributed by atoms with Crippen molar-refractivity contribution >= 4 is 0 Å². The fraction of sp³-hybridized carbons (Fsp3) is 0.647. The molecule has 106 valence electrons. The molecule has 2 heteroatoms. The largest absolute Gasteiger partial charge is 0.311 e. The van der Waals surface area contributed by atoms with Crippen LogP contribution in [-0.4, -0.2) is 12.1 Å². The van der Waals surface area contributed by atoms with Crippen LogP contribution in [0.15, 0.2) is 24.3 Å². The molecule has 1 aliphatic carbocycles. The molecule has 0 heterocycles. The van der Waals surface area contributed by atoms with E-state index in [-0.39, 0.29) is 5.82 Å². The van der Waals surface area contributed by atoms with Crippen LogP contribution < -0.4 is 5.32 Å². The van der Waals surface area contributed by atoms with E-state index in [4.69, 9.17) is 0 Å². The Morgan fingerprint density at radius 1 is 1.32 bits per heavy atom. The molecule has 1 saturated carbocycles. The third kappa shape index (κ3) is 4.61. The summed E-state index contributed by atoms with van der Waals surface area (Å²) < 4.78 is 13.1. The van der Waals surface area contributed by atoms with Crippen LogP contribution in [0.3, 0.4) is 0 Å². The van der Waals surface area contributed by atoms with E-state index in [1.165, 1.54) is 31.7 Å². The van der Waals surface area contributed by atoms with Gasteiger partial charge in [-0.25, -0.2) is 4.39 Å². The number of halogens is 1. The predicted molar refractivity (Wildman–Crippen MR) is 78.7 cm³/mol. The van der Waals surface area contributed by atoms with Crippen LogP contribution in [0.5, 0.6) is 0 Å². The minimum Gasteiger partial charge on any atom is -0.311 e. The molecule has 1 N–H and O–H groups in total. The molecule has 0 aliphatic heterocycles. The van der Waals surface area contributed by atoms with E-state index in [0.717, 1.165) is 12.0 Å². The van der Waals surface area contributed by atoms with Gasteiger partial charge < -0.3 is 5.32 Å². The second-order valence-electron chi connectivity index (χ2n) is 6.84. The number of hydrogen-bond donors (Lipinski definition) is 1. The maximum Gasteiger partial charge on any atom is 0.123 e. The van der Waals surface area contributed by atoms with E-state index in [2.05, 4.69) is 26.1 Å². The summed E-state index contributed by atoms with van der Waals surface area (Å²) in [4.78, 5) is 0. The van der Waals surface area contributed by atoms with Crippen LogP contribution in [0, 0.1) is 11.2 Å². The Morgan fingerprint density at radius 3 is 2.63 bits per heavy atom. The summed E-state index contributed by atoms with van der Waals surface area (Å²) in [5, 5.41) is 3.70. The molecule has 0 bridgehead atoms. The van der Waals surface area contributed by atoms with Gasteiger partial charge in [-0.05, 0) is 62.1 Å². The lowest BCUT2D eigenvalue weighted by Gasteiger charge is -2.36. The van der Waals surface area contributed by atoms with Gasteiger partial charge in [-0.1, -0.05) is 26.0 Å². The Balaban J connectivity index is 1.80. The van der Waals surface area contributed by atoms with Crippen molar-refractivity contribution in [2.45, 2.75) is 65.0 Å². The van der Waals surface area contributed by atoms with Crippen molar-refractivity contribution in [2.24, 2.45) is 5.41 Å². The third-order valence-electron chi connectivity index (χ3n) is 4.29. The van der Waals surface area contributed by atoms with Gasteiger partial charge in [0.15, 0.2) is 0 Å². The number of hydrogen-bond acceptors (Lipinski definition) is 1. The van der Waals surface area contributed by atoms with E-state index in [1.807, 2.05) is 6.07 Å². The molecule has 0 saturated heterocycles. The Morgan fingerprint density at radius 2 is 2.00 bits per heavy atom. The SMILES string of the molecule is CC(Cc1cccc(F)c1)NC1CCC(C)(C)CC1. The number of nitrogens with one attached hydrogen (secondary N) is 1. The van der Waals surface area contributed by atoms with Crippen LogP contribution in [-0.2, 0) is 6.42 Å². The smallest absolute Gasteiger partial charge is 0.123 e. The predicted octanol–water partition coefficient (Wildman–Crippen LogP) is 4.32. The summed E-state index contributed by atoms with van der Waals surface area (Å²) in [6.45, 7) is 6.92. The van der Waals surface area contributed by atoms with Crippen LogP contribution in [0.25, 0.3) is 0 Å². The lowest BCUT2D eigenvalue weighted by molar-refractivity contribution is 0.199. The molecule has 19 heavy (non-hydrogen) atoms. The van der Waals surface area contributed by atoms with E-state index in [0.29, 0.717) is 17.5 Å². The molecule has 1 aliphatic rings. The molecule has 1 aromatic rings. The van der Waals surface area contributed by atoms with Gasteiger partial charge in [-0.3, -0.25) is 0 Å². The van der Waals surface area contributed by atoms with Crippen LogP contribution >= 0.6 is 0 Å². The number of benzene rings is 1. The minimum atomic E-state index is -0.135. The molecule has 2 rings (SSSR count). The van der Waals surface area contributed by atoms with Gasteiger partial charge in [0.2, 0.25) is 0 Å². The second kappa shape index (κ2) is 6.04.